The van der Waals surface area contributed by atoms with Crippen molar-refractivity contribution in [2.24, 2.45) is 0 Å². The lowest BCUT2D eigenvalue weighted by atomic mass is 9.96. The molecule has 3 aromatic heterocycles. The molecule has 0 aliphatic heterocycles. The molecular formula is C18H19N5O2. The second kappa shape index (κ2) is 6.51. The minimum atomic E-state index is -0.181. The summed E-state index contributed by atoms with van der Waals surface area (Å²) < 4.78 is 5.79. The van der Waals surface area contributed by atoms with E-state index in [1.54, 1.807) is 12.3 Å². The number of imidazole rings is 1. The highest BCUT2D eigenvalue weighted by atomic mass is 16.5. The van der Waals surface area contributed by atoms with Crippen LogP contribution in [0.5, 0.6) is 5.88 Å². The Bertz CT molecular complexity index is 917. The fourth-order valence-corrected chi connectivity index (χ4v) is 2.71. The SMILES string of the molecule is Cc1nc2ncc(C(=O)NCc3ccnc(OC4CCC4)c3)cc2[nH]1. The Morgan fingerprint density at radius 2 is 2.24 bits per heavy atom. The van der Waals surface area contributed by atoms with Gasteiger partial charge in [-0.2, -0.15) is 0 Å². The van der Waals surface area contributed by atoms with Crippen LogP contribution in [-0.4, -0.2) is 31.9 Å². The zero-order valence-electron chi connectivity index (χ0n) is 14.0. The molecule has 1 fully saturated rings. The lowest BCUT2D eigenvalue weighted by Gasteiger charge is -2.25. The van der Waals surface area contributed by atoms with E-state index in [-0.39, 0.29) is 12.0 Å². The van der Waals surface area contributed by atoms with Gasteiger partial charge in [0.1, 0.15) is 11.9 Å². The first-order chi connectivity index (χ1) is 12.2. The van der Waals surface area contributed by atoms with Gasteiger partial charge >= 0.3 is 0 Å². The number of aromatic nitrogens is 4. The molecule has 1 saturated carbocycles. The third kappa shape index (κ3) is 3.45. The van der Waals surface area contributed by atoms with Gasteiger partial charge in [-0.25, -0.2) is 15.0 Å². The molecular weight excluding hydrogens is 318 g/mol. The van der Waals surface area contributed by atoms with Gasteiger partial charge in [-0.1, -0.05) is 0 Å². The third-order valence-corrected chi connectivity index (χ3v) is 4.31. The Morgan fingerprint density at radius 1 is 1.36 bits per heavy atom. The van der Waals surface area contributed by atoms with Crippen molar-refractivity contribution in [2.45, 2.75) is 38.8 Å². The largest absolute Gasteiger partial charge is 0.474 e. The number of rotatable bonds is 5. The van der Waals surface area contributed by atoms with Crippen LogP contribution < -0.4 is 10.1 Å². The molecule has 0 aromatic carbocycles. The maximum Gasteiger partial charge on any atom is 0.253 e. The maximum absolute atomic E-state index is 12.4. The molecule has 128 valence electrons. The van der Waals surface area contributed by atoms with Gasteiger partial charge in [0.05, 0.1) is 11.1 Å². The van der Waals surface area contributed by atoms with Crippen molar-refractivity contribution in [3.63, 3.8) is 0 Å². The first kappa shape index (κ1) is 15.6. The minimum absolute atomic E-state index is 0.181. The molecule has 1 aliphatic carbocycles. The van der Waals surface area contributed by atoms with E-state index in [1.165, 1.54) is 12.6 Å². The quantitative estimate of drug-likeness (QED) is 0.746. The average Bonchev–Trinajstić information content (AvgIpc) is 2.95. The molecule has 0 bridgehead atoms. The number of ether oxygens (including phenoxy) is 1. The average molecular weight is 337 g/mol. The second-order valence-electron chi connectivity index (χ2n) is 6.27. The van der Waals surface area contributed by atoms with Crippen LogP contribution in [0.25, 0.3) is 11.2 Å². The van der Waals surface area contributed by atoms with Gasteiger partial charge in [0.25, 0.3) is 5.91 Å². The van der Waals surface area contributed by atoms with Crippen molar-refractivity contribution in [2.75, 3.05) is 0 Å². The number of nitrogens with zero attached hydrogens (tertiary/aromatic N) is 3. The summed E-state index contributed by atoms with van der Waals surface area (Å²) >= 11 is 0. The first-order valence-corrected chi connectivity index (χ1v) is 8.39. The topological polar surface area (TPSA) is 92.8 Å². The lowest BCUT2D eigenvalue weighted by molar-refractivity contribution is 0.0950. The number of H-pyrrole nitrogens is 1. The van der Waals surface area contributed by atoms with Crippen LogP contribution in [0.3, 0.4) is 0 Å². The van der Waals surface area contributed by atoms with E-state index in [4.69, 9.17) is 4.74 Å². The molecule has 25 heavy (non-hydrogen) atoms. The van der Waals surface area contributed by atoms with Crippen molar-refractivity contribution < 1.29 is 9.53 Å². The normalized spacial score (nSPS) is 14.3. The molecule has 7 heteroatoms. The Labute approximate surface area is 144 Å². The molecule has 0 radical (unpaired) electrons. The Morgan fingerprint density at radius 3 is 3.04 bits per heavy atom. The standard InChI is InChI=1S/C18H19N5O2/c1-11-22-15-8-13(10-20-17(15)23-11)18(24)21-9-12-5-6-19-16(7-12)25-14-3-2-4-14/h5-8,10,14H,2-4,9H2,1H3,(H,21,24)(H,20,22,23). The van der Waals surface area contributed by atoms with Crippen LogP contribution in [-0.2, 0) is 6.54 Å². The fourth-order valence-electron chi connectivity index (χ4n) is 2.71. The summed E-state index contributed by atoms with van der Waals surface area (Å²) in [5, 5.41) is 2.90. The summed E-state index contributed by atoms with van der Waals surface area (Å²) in [6.45, 7) is 2.26. The van der Waals surface area contributed by atoms with Crippen LogP contribution >= 0.6 is 0 Å². The van der Waals surface area contributed by atoms with Gasteiger partial charge in [-0.05, 0) is 43.9 Å². The summed E-state index contributed by atoms with van der Waals surface area (Å²) in [5.74, 6) is 1.21. The molecule has 1 aliphatic rings. The van der Waals surface area contributed by atoms with Crippen molar-refractivity contribution in [3.05, 3.63) is 47.5 Å². The van der Waals surface area contributed by atoms with E-state index >= 15 is 0 Å². The Hall–Kier alpha value is -2.96. The number of nitrogens with one attached hydrogen (secondary N) is 2. The fraction of sp³-hybridized carbons (Fsp3) is 0.333. The molecule has 0 spiro atoms. The Balaban J connectivity index is 1.41. The van der Waals surface area contributed by atoms with E-state index < -0.39 is 0 Å². The number of hydrogen-bond donors (Lipinski definition) is 2. The van der Waals surface area contributed by atoms with Gasteiger partial charge in [0, 0.05) is 25.0 Å². The molecule has 0 atom stereocenters. The monoisotopic (exact) mass is 337 g/mol. The number of carbonyl (C=O) groups is 1. The molecule has 2 N–H and O–H groups in total. The summed E-state index contributed by atoms with van der Waals surface area (Å²) in [7, 11) is 0. The van der Waals surface area contributed by atoms with Crippen LogP contribution in [0.4, 0.5) is 0 Å². The van der Waals surface area contributed by atoms with Crippen LogP contribution in [0, 0.1) is 6.92 Å². The van der Waals surface area contributed by atoms with E-state index in [0.717, 1.165) is 29.7 Å². The van der Waals surface area contributed by atoms with Gasteiger partial charge < -0.3 is 15.0 Å². The van der Waals surface area contributed by atoms with E-state index in [9.17, 15) is 4.79 Å². The first-order valence-electron chi connectivity index (χ1n) is 8.39. The highest BCUT2D eigenvalue weighted by Gasteiger charge is 2.19. The molecule has 3 heterocycles. The van der Waals surface area contributed by atoms with Crippen molar-refractivity contribution in [1.82, 2.24) is 25.3 Å². The molecule has 3 aromatic rings. The minimum Gasteiger partial charge on any atom is -0.474 e. The van der Waals surface area contributed by atoms with Gasteiger partial charge in [-0.15, -0.1) is 0 Å². The molecule has 4 rings (SSSR count). The predicted octanol–water partition coefficient (Wildman–Crippen LogP) is 2.52. The van der Waals surface area contributed by atoms with Crippen LogP contribution in [0.2, 0.25) is 0 Å². The smallest absolute Gasteiger partial charge is 0.253 e. The zero-order chi connectivity index (χ0) is 17.2. The second-order valence-corrected chi connectivity index (χ2v) is 6.27. The number of aryl methyl sites for hydroxylation is 1. The number of hydrogen-bond acceptors (Lipinski definition) is 5. The molecule has 0 saturated heterocycles. The molecule has 0 unspecified atom stereocenters. The van der Waals surface area contributed by atoms with E-state index in [1.807, 2.05) is 19.1 Å². The van der Waals surface area contributed by atoms with Gasteiger partial charge in [0.2, 0.25) is 5.88 Å². The maximum atomic E-state index is 12.4. The van der Waals surface area contributed by atoms with E-state index in [0.29, 0.717) is 23.6 Å². The number of aromatic amines is 1. The van der Waals surface area contributed by atoms with Gasteiger partial charge in [0.15, 0.2) is 5.65 Å². The van der Waals surface area contributed by atoms with Gasteiger partial charge in [-0.3, -0.25) is 4.79 Å². The lowest BCUT2D eigenvalue weighted by Crippen LogP contribution is -2.25. The summed E-state index contributed by atoms with van der Waals surface area (Å²) in [6, 6.07) is 5.50. The van der Waals surface area contributed by atoms with Crippen molar-refractivity contribution >= 4 is 17.1 Å². The molecule has 1 amide bonds. The van der Waals surface area contributed by atoms with E-state index in [2.05, 4.69) is 25.3 Å². The predicted molar refractivity (Wildman–Crippen MR) is 92.3 cm³/mol. The third-order valence-electron chi connectivity index (χ3n) is 4.31. The Kier molecular flexibility index (Phi) is 4.05. The van der Waals surface area contributed by atoms with Crippen molar-refractivity contribution in [3.8, 4) is 5.88 Å². The molecule has 7 nitrogen and oxygen atoms in total. The summed E-state index contributed by atoms with van der Waals surface area (Å²) in [4.78, 5) is 28.1. The highest BCUT2D eigenvalue weighted by molar-refractivity contribution is 5.96. The van der Waals surface area contributed by atoms with Crippen molar-refractivity contribution in [1.29, 1.82) is 0 Å². The number of pyridine rings is 2. The van der Waals surface area contributed by atoms with Crippen LogP contribution in [0.1, 0.15) is 41.0 Å². The summed E-state index contributed by atoms with van der Waals surface area (Å²) in [5.41, 5.74) is 2.81. The number of carbonyl (C=O) groups excluding carboxylic acids is 1. The zero-order valence-corrected chi connectivity index (χ0v) is 14.0. The summed E-state index contributed by atoms with van der Waals surface area (Å²) in [6.07, 6.45) is 6.92. The number of amides is 1. The highest BCUT2D eigenvalue weighted by Crippen LogP contribution is 2.24. The van der Waals surface area contributed by atoms with Crippen LogP contribution in [0.15, 0.2) is 30.6 Å². The number of fused-ring (bicyclic) bond motifs is 1.